The fourth-order valence-electron chi connectivity index (χ4n) is 2.58. The summed E-state index contributed by atoms with van der Waals surface area (Å²) < 4.78 is 0. The van der Waals surface area contributed by atoms with Gasteiger partial charge in [0.25, 0.3) is 0 Å². The molecule has 0 saturated heterocycles. The van der Waals surface area contributed by atoms with E-state index in [9.17, 15) is 5.11 Å². The lowest BCUT2D eigenvalue weighted by atomic mass is 9.85. The molecule has 106 valence electrons. The van der Waals surface area contributed by atoms with Gasteiger partial charge in [0, 0.05) is 17.5 Å². The molecular weight excluding hydrogens is 270 g/mol. The highest BCUT2D eigenvalue weighted by Gasteiger charge is 2.24. The van der Waals surface area contributed by atoms with Crippen LogP contribution in [0.15, 0.2) is 42.5 Å². The van der Waals surface area contributed by atoms with Crippen molar-refractivity contribution < 1.29 is 5.11 Å². The number of benzene rings is 2. The van der Waals surface area contributed by atoms with Crippen LogP contribution in [-0.2, 0) is 0 Å². The molecule has 0 aliphatic carbocycles. The molecule has 0 radical (unpaired) electrons. The number of rotatable bonds is 4. The Labute approximate surface area is 125 Å². The SMILES string of the molecule is Cc1ccc(Cl)cc1C(O)C(CN)c1ccccc1C. The monoisotopic (exact) mass is 289 g/mol. The van der Waals surface area contributed by atoms with E-state index in [4.69, 9.17) is 17.3 Å². The van der Waals surface area contributed by atoms with Crippen LogP contribution in [0.2, 0.25) is 5.02 Å². The molecule has 3 heteroatoms. The predicted octanol–water partition coefficient (Wildman–Crippen LogP) is 3.73. The van der Waals surface area contributed by atoms with Crippen molar-refractivity contribution in [1.82, 2.24) is 0 Å². The minimum absolute atomic E-state index is 0.131. The number of halogens is 1. The molecule has 0 amide bonds. The summed E-state index contributed by atoms with van der Waals surface area (Å²) in [5, 5.41) is 11.4. The molecule has 2 rings (SSSR count). The van der Waals surface area contributed by atoms with E-state index >= 15 is 0 Å². The van der Waals surface area contributed by atoms with Crippen molar-refractivity contribution in [2.75, 3.05) is 6.54 Å². The Bertz CT molecular complexity index is 597. The van der Waals surface area contributed by atoms with Crippen molar-refractivity contribution in [3.8, 4) is 0 Å². The molecule has 2 unspecified atom stereocenters. The summed E-state index contributed by atoms with van der Waals surface area (Å²) in [6.45, 7) is 4.40. The van der Waals surface area contributed by atoms with E-state index in [0.29, 0.717) is 11.6 Å². The van der Waals surface area contributed by atoms with E-state index in [0.717, 1.165) is 22.3 Å². The van der Waals surface area contributed by atoms with Crippen LogP contribution in [0, 0.1) is 13.8 Å². The lowest BCUT2D eigenvalue weighted by Gasteiger charge is -2.25. The highest BCUT2D eigenvalue weighted by molar-refractivity contribution is 6.30. The normalized spacial score (nSPS) is 14.1. The van der Waals surface area contributed by atoms with Gasteiger partial charge in [0.15, 0.2) is 0 Å². The predicted molar refractivity (Wildman–Crippen MR) is 84.1 cm³/mol. The van der Waals surface area contributed by atoms with Crippen molar-refractivity contribution in [3.05, 3.63) is 69.7 Å². The van der Waals surface area contributed by atoms with E-state index in [2.05, 4.69) is 0 Å². The van der Waals surface area contributed by atoms with Gasteiger partial charge in [-0.25, -0.2) is 0 Å². The highest BCUT2D eigenvalue weighted by Crippen LogP contribution is 2.34. The largest absolute Gasteiger partial charge is 0.388 e. The molecule has 2 aromatic carbocycles. The quantitative estimate of drug-likeness (QED) is 0.901. The van der Waals surface area contributed by atoms with Gasteiger partial charge in [0.2, 0.25) is 0 Å². The van der Waals surface area contributed by atoms with Gasteiger partial charge in [0.1, 0.15) is 0 Å². The molecule has 0 saturated carbocycles. The molecule has 0 spiro atoms. The van der Waals surface area contributed by atoms with Crippen LogP contribution in [0.4, 0.5) is 0 Å². The summed E-state index contributed by atoms with van der Waals surface area (Å²) in [4.78, 5) is 0. The minimum Gasteiger partial charge on any atom is -0.388 e. The Morgan fingerprint density at radius 3 is 2.35 bits per heavy atom. The summed E-state index contributed by atoms with van der Waals surface area (Å²) >= 11 is 6.04. The van der Waals surface area contributed by atoms with Crippen LogP contribution in [0.5, 0.6) is 0 Å². The molecule has 2 atom stereocenters. The second-order valence-corrected chi connectivity index (χ2v) is 5.58. The molecule has 3 N–H and O–H groups in total. The molecule has 0 aromatic heterocycles. The standard InChI is InChI=1S/C17H20ClNO/c1-11-5-3-4-6-14(11)16(10-19)17(20)15-9-13(18)8-7-12(15)2/h3-9,16-17,20H,10,19H2,1-2H3. The highest BCUT2D eigenvalue weighted by atomic mass is 35.5. The van der Waals surface area contributed by atoms with Gasteiger partial charge in [-0.15, -0.1) is 0 Å². The molecule has 0 aliphatic heterocycles. The first kappa shape index (κ1) is 15.0. The molecule has 2 aromatic rings. The first-order valence-electron chi connectivity index (χ1n) is 6.74. The molecule has 0 heterocycles. The summed E-state index contributed by atoms with van der Waals surface area (Å²) in [6, 6.07) is 13.6. The van der Waals surface area contributed by atoms with Crippen molar-refractivity contribution in [3.63, 3.8) is 0 Å². The summed E-state index contributed by atoms with van der Waals surface area (Å²) in [5.74, 6) is -0.131. The smallest absolute Gasteiger partial charge is 0.0873 e. The van der Waals surface area contributed by atoms with Crippen molar-refractivity contribution in [2.24, 2.45) is 5.73 Å². The maximum atomic E-state index is 10.7. The Kier molecular flexibility index (Phi) is 4.81. The Hall–Kier alpha value is -1.35. The third kappa shape index (κ3) is 3.04. The van der Waals surface area contributed by atoms with Crippen LogP contribution in [0.3, 0.4) is 0 Å². The van der Waals surface area contributed by atoms with Crippen LogP contribution >= 0.6 is 11.6 Å². The van der Waals surface area contributed by atoms with E-state index in [1.54, 1.807) is 0 Å². The number of hydrogen-bond acceptors (Lipinski definition) is 2. The van der Waals surface area contributed by atoms with Gasteiger partial charge in [0.05, 0.1) is 6.10 Å². The Balaban J connectivity index is 2.41. The van der Waals surface area contributed by atoms with Crippen molar-refractivity contribution >= 4 is 11.6 Å². The van der Waals surface area contributed by atoms with Gasteiger partial charge in [-0.1, -0.05) is 41.9 Å². The summed E-state index contributed by atoms with van der Waals surface area (Å²) in [6.07, 6.45) is -0.653. The van der Waals surface area contributed by atoms with E-state index in [-0.39, 0.29) is 5.92 Å². The zero-order chi connectivity index (χ0) is 14.7. The Morgan fingerprint density at radius 1 is 1.05 bits per heavy atom. The number of nitrogens with two attached hydrogens (primary N) is 1. The maximum absolute atomic E-state index is 10.7. The molecular formula is C17H20ClNO. The van der Waals surface area contributed by atoms with E-state index < -0.39 is 6.10 Å². The average Bonchev–Trinajstić information content (AvgIpc) is 2.44. The number of hydrogen-bond donors (Lipinski definition) is 2. The van der Waals surface area contributed by atoms with Gasteiger partial charge >= 0.3 is 0 Å². The Morgan fingerprint density at radius 2 is 1.70 bits per heavy atom. The minimum atomic E-state index is -0.653. The first-order valence-corrected chi connectivity index (χ1v) is 7.12. The third-order valence-corrected chi connectivity index (χ3v) is 4.02. The van der Waals surface area contributed by atoms with Gasteiger partial charge in [-0.3, -0.25) is 0 Å². The van der Waals surface area contributed by atoms with Crippen molar-refractivity contribution in [2.45, 2.75) is 25.9 Å². The lowest BCUT2D eigenvalue weighted by molar-refractivity contribution is 0.146. The maximum Gasteiger partial charge on any atom is 0.0873 e. The number of aliphatic hydroxyl groups is 1. The summed E-state index contributed by atoms with van der Waals surface area (Å²) in [7, 11) is 0. The van der Waals surface area contributed by atoms with E-state index in [1.807, 2.05) is 56.3 Å². The van der Waals surface area contributed by atoms with Gasteiger partial charge in [-0.2, -0.15) is 0 Å². The topological polar surface area (TPSA) is 46.2 Å². The van der Waals surface area contributed by atoms with Crippen molar-refractivity contribution in [1.29, 1.82) is 0 Å². The zero-order valence-electron chi connectivity index (χ0n) is 11.8. The van der Waals surface area contributed by atoms with Gasteiger partial charge in [-0.05, 0) is 48.2 Å². The van der Waals surface area contributed by atoms with Gasteiger partial charge < -0.3 is 10.8 Å². The molecule has 0 fully saturated rings. The first-order chi connectivity index (χ1) is 9.54. The van der Waals surface area contributed by atoms with Crippen LogP contribution in [-0.4, -0.2) is 11.7 Å². The lowest BCUT2D eigenvalue weighted by Crippen LogP contribution is -2.21. The van der Waals surface area contributed by atoms with Crippen LogP contribution in [0.25, 0.3) is 0 Å². The van der Waals surface area contributed by atoms with Crippen LogP contribution < -0.4 is 5.73 Å². The molecule has 20 heavy (non-hydrogen) atoms. The van der Waals surface area contributed by atoms with Crippen LogP contribution in [0.1, 0.15) is 34.3 Å². The average molecular weight is 290 g/mol. The second-order valence-electron chi connectivity index (χ2n) is 5.14. The zero-order valence-corrected chi connectivity index (χ0v) is 12.6. The number of aliphatic hydroxyl groups excluding tert-OH is 1. The molecule has 0 aliphatic rings. The second kappa shape index (κ2) is 6.40. The third-order valence-electron chi connectivity index (χ3n) is 3.78. The number of aryl methyl sites for hydroxylation is 2. The summed E-state index contributed by atoms with van der Waals surface area (Å²) in [5.41, 5.74) is 10.00. The molecule has 2 nitrogen and oxygen atoms in total. The fourth-order valence-corrected chi connectivity index (χ4v) is 2.76. The van der Waals surface area contributed by atoms with E-state index in [1.165, 1.54) is 0 Å². The fraction of sp³-hybridized carbons (Fsp3) is 0.294. The molecule has 0 bridgehead atoms.